The Morgan fingerprint density at radius 1 is 1.20 bits per heavy atom. The molecule has 0 radical (unpaired) electrons. The smallest absolute Gasteiger partial charge is 0.382 e. The van der Waals surface area contributed by atoms with Crippen LogP contribution in [0.3, 0.4) is 0 Å². The van der Waals surface area contributed by atoms with E-state index in [1.807, 2.05) is 0 Å². The van der Waals surface area contributed by atoms with E-state index in [1.54, 1.807) is 0 Å². The summed E-state index contributed by atoms with van der Waals surface area (Å²) in [5.74, 6) is 0.200. The van der Waals surface area contributed by atoms with Crippen LogP contribution >= 0.6 is 15.6 Å². The van der Waals surface area contributed by atoms with E-state index >= 15 is 0 Å². The van der Waals surface area contributed by atoms with Gasteiger partial charge in [0.05, 0.1) is 0 Å². The maximum absolute atomic E-state index is 12.4. The summed E-state index contributed by atoms with van der Waals surface area (Å²) < 4.78 is 34.6. The molecule has 0 aromatic carbocycles. The normalized spacial score (nSPS) is 12.1. The molecule has 2 heterocycles. The van der Waals surface area contributed by atoms with Crippen LogP contribution in [-0.2, 0) is 13.4 Å². The van der Waals surface area contributed by atoms with Gasteiger partial charge in [0.2, 0.25) is 0 Å². The molecule has 2 aromatic heterocycles. The first-order valence-electron chi connectivity index (χ1n) is 4.42. The lowest BCUT2D eigenvalue weighted by molar-refractivity contribution is 0.225. The van der Waals surface area contributed by atoms with E-state index in [0.29, 0.717) is 5.52 Å². The number of anilines is 1. The fourth-order valence-corrected chi connectivity index (χ4v) is 2.07. The van der Waals surface area contributed by atoms with Gasteiger partial charge in [0.25, 0.3) is 6.08 Å². The Balaban J connectivity index is 0.000000206. The second kappa shape index (κ2) is 5.89. The molecule has 0 saturated carbocycles. The molecule has 0 fully saturated rings. The number of nitrogens with two attached hydrogens (primary N) is 1. The molecule has 20 heavy (non-hydrogen) atoms. The van der Waals surface area contributed by atoms with Crippen molar-refractivity contribution in [3.05, 3.63) is 12.4 Å². The summed E-state index contributed by atoms with van der Waals surface area (Å²) in [6.45, 7) is 0. The average molecular weight is 331 g/mol. The number of H-pyrrole nitrogens is 1. The van der Waals surface area contributed by atoms with Gasteiger partial charge in [0.15, 0.2) is 11.5 Å². The minimum Gasteiger partial charge on any atom is -0.382 e. The van der Waals surface area contributed by atoms with Crippen molar-refractivity contribution in [2.75, 3.05) is 5.73 Å². The molecule has 15 heteroatoms. The van der Waals surface area contributed by atoms with Crippen LogP contribution in [0.4, 0.5) is 10.2 Å². The maximum Gasteiger partial charge on any atom is 0.478 e. The minimum atomic E-state index is -5.05. The number of phosphoric acid groups is 2. The van der Waals surface area contributed by atoms with Crippen molar-refractivity contribution in [2.24, 2.45) is 0 Å². The minimum absolute atomic E-state index is 0.200. The van der Waals surface area contributed by atoms with Gasteiger partial charge in [-0.2, -0.15) is 13.7 Å². The number of rotatable bonds is 2. The zero-order valence-corrected chi connectivity index (χ0v) is 11.1. The third-order valence-corrected chi connectivity index (χ3v) is 3.20. The van der Waals surface area contributed by atoms with Crippen molar-refractivity contribution in [1.82, 2.24) is 19.9 Å². The monoisotopic (exact) mass is 331 g/mol. The van der Waals surface area contributed by atoms with Gasteiger partial charge in [0.1, 0.15) is 11.8 Å². The van der Waals surface area contributed by atoms with Gasteiger partial charge in [-0.25, -0.2) is 19.1 Å². The van der Waals surface area contributed by atoms with E-state index < -0.39 is 21.7 Å². The molecule has 0 aliphatic carbocycles. The Kier molecular flexibility index (Phi) is 4.89. The van der Waals surface area contributed by atoms with Crippen LogP contribution in [0.5, 0.6) is 0 Å². The van der Waals surface area contributed by atoms with E-state index in [1.165, 1.54) is 6.33 Å². The highest BCUT2D eigenvalue weighted by Gasteiger charge is 2.27. The highest BCUT2D eigenvalue weighted by Crippen LogP contribution is 2.53. The summed E-state index contributed by atoms with van der Waals surface area (Å²) in [7, 11) is -10.1. The molecule has 0 aliphatic heterocycles. The van der Waals surface area contributed by atoms with Gasteiger partial charge in [0, 0.05) is 0 Å². The molecule has 2 aromatic rings. The first kappa shape index (κ1) is 16.6. The van der Waals surface area contributed by atoms with Crippen LogP contribution in [0.25, 0.3) is 11.2 Å². The largest absolute Gasteiger partial charge is 0.478 e. The quantitative estimate of drug-likeness (QED) is 0.298. The fourth-order valence-electron chi connectivity index (χ4n) is 0.957. The summed E-state index contributed by atoms with van der Waals surface area (Å²) in [5.41, 5.74) is 5.96. The Morgan fingerprint density at radius 3 is 2.15 bits per heavy atom. The van der Waals surface area contributed by atoms with Crippen LogP contribution in [0.15, 0.2) is 6.33 Å². The number of aromatic amines is 1. The first-order chi connectivity index (χ1) is 8.98. The third-order valence-electron chi connectivity index (χ3n) is 1.50. The van der Waals surface area contributed by atoms with Crippen LogP contribution in [0.1, 0.15) is 0 Å². The van der Waals surface area contributed by atoms with Crippen molar-refractivity contribution in [1.29, 1.82) is 0 Å². The molecule has 0 saturated heterocycles. The summed E-state index contributed by atoms with van der Waals surface area (Å²) in [4.78, 5) is 44.1. The van der Waals surface area contributed by atoms with Crippen molar-refractivity contribution in [3.8, 4) is 0 Å². The number of fused-ring (bicyclic) bond motifs is 1. The topological polar surface area (TPSA) is 205 Å². The standard InChI is InChI=1S/C5H4FN5.H4O7P2/c6-5-10-2-3(7)8-1-9-4(2)11-5;1-8(2,3)7-9(4,5)6/h1H,(H3,7,8,9,10,11);(H2,1,2,3)(H2,4,5,6). The molecule has 0 spiro atoms. The molecule has 112 valence electrons. The highest BCUT2D eigenvalue weighted by molar-refractivity contribution is 7.60. The van der Waals surface area contributed by atoms with Gasteiger partial charge in [-0.3, -0.25) is 0 Å². The Labute approximate surface area is 109 Å². The summed E-state index contributed by atoms with van der Waals surface area (Å²) >= 11 is 0. The molecule has 0 atom stereocenters. The van der Waals surface area contributed by atoms with E-state index in [0.717, 1.165) is 0 Å². The molecule has 0 unspecified atom stereocenters. The Morgan fingerprint density at radius 2 is 1.75 bits per heavy atom. The zero-order chi connectivity index (χ0) is 15.6. The number of imidazole rings is 1. The van der Waals surface area contributed by atoms with Gasteiger partial charge in [-0.1, -0.05) is 0 Å². The predicted molar refractivity (Wildman–Crippen MR) is 61.2 cm³/mol. The number of hydrogen-bond donors (Lipinski definition) is 6. The van der Waals surface area contributed by atoms with Crippen LogP contribution in [-0.4, -0.2) is 39.5 Å². The zero-order valence-electron chi connectivity index (χ0n) is 9.28. The van der Waals surface area contributed by atoms with Crippen LogP contribution in [0.2, 0.25) is 0 Å². The summed E-state index contributed by atoms with van der Waals surface area (Å²) in [6.07, 6.45) is 0.532. The molecule has 0 bridgehead atoms. The SMILES string of the molecule is Nc1ncnc2nc(F)[nH]c12.O=P(O)(O)OP(=O)(O)O. The lowest BCUT2D eigenvalue weighted by atomic mass is 10.5. The van der Waals surface area contributed by atoms with E-state index in [4.69, 9.17) is 25.3 Å². The molecular weight excluding hydrogens is 323 g/mol. The van der Waals surface area contributed by atoms with Gasteiger partial charge < -0.3 is 30.3 Å². The number of nitrogens with zero attached hydrogens (tertiary/aromatic N) is 3. The predicted octanol–water partition coefficient (Wildman–Crippen LogP) is -0.737. The number of nitrogens with one attached hydrogen (secondary N) is 1. The number of hydrogen-bond acceptors (Lipinski definition) is 7. The highest BCUT2D eigenvalue weighted by atomic mass is 31.3. The van der Waals surface area contributed by atoms with Crippen molar-refractivity contribution in [2.45, 2.75) is 0 Å². The third kappa shape index (κ3) is 5.67. The van der Waals surface area contributed by atoms with Gasteiger partial charge in [-0.05, 0) is 0 Å². The Hall–Kier alpha value is -1.46. The lowest BCUT2D eigenvalue weighted by Crippen LogP contribution is -1.91. The lowest BCUT2D eigenvalue weighted by Gasteiger charge is -2.03. The average Bonchev–Trinajstić information content (AvgIpc) is 2.55. The number of aromatic nitrogens is 4. The van der Waals surface area contributed by atoms with Crippen molar-refractivity contribution >= 4 is 32.6 Å². The van der Waals surface area contributed by atoms with E-state index in [2.05, 4.69) is 24.2 Å². The summed E-state index contributed by atoms with van der Waals surface area (Å²) in [5, 5.41) is 0. The second-order valence-electron chi connectivity index (χ2n) is 3.05. The maximum atomic E-state index is 12.4. The molecule has 0 aliphatic rings. The van der Waals surface area contributed by atoms with E-state index in [-0.39, 0.29) is 11.5 Å². The molecule has 0 amide bonds. The number of nitrogen functional groups attached to an aromatic ring is 1. The molecule has 2 rings (SSSR count). The van der Waals surface area contributed by atoms with Crippen LogP contribution < -0.4 is 5.73 Å². The van der Waals surface area contributed by atoms with Crippen molar-refractivity contribution < 1.29 is 37.4 Å². The Bertz CT molecular complexity index is 674. The number of halogens is 1. The molecule has 7 N–H and O–H groups in total. The van der Waals surface area contributed by atoms with E-state index in [9.17, 15) is 13.5 Å². The molecular formula is C5H8FN5O7P2. The second-order valence-corrected chi connectivity index (χ2v) is 5.66. The summed E-state index contributed by atoms with van der Waals surface area (Å²) in [6, 6.07) is 0. The van der Waals surface area contributed by atoms with Gasteiger partial charge in [-0.15, -0.1) is 0 Å². The van der Waals surface area contributed by atoms with Crippen LogP contribution in [0, 0.1) is 6.08 Å². The molecule has 12 nitrogen and oxygen atoms in total. The van der Waals surface area contributed by atoms with Gasteiger partial charge >= 0.3 is 15.6 Å². The fraction of sp³-hybridized carbons (Fsp3) is 0. The van der Waals surface area contributed by atoms with Crippen molar-refractivity contribution in [3.63, 3.8) is 0 Å². The first-order valence-corrected chi connectivity index (χ1v) is 7.48.